The van der Waals surface area contributed by atoms with E-state index < -0.39 is 17.6 Å². The molecule has 0 radical (unpaired) electrons. The van der Waals surface area contributed by atoms with Crippen LogP contribution in [0.1, 0.15) is 53.9 Å². The zero-order valence-corrected chi connectivity index (χ0v) is 25.3. The van der Waals surface area contributed by atoms with E-state index in [1.807, 2.05) is 24.3 Å². The first-order valence-electron chi connectivity index (χ1n) is 13.6. The Morgan fingerprint density at radius 1 is 1.02 bits per heavy atom. The Morgan fingerprint density at radius 2 is 1.77 bits per heavy atom. The molecule has 0 fully saturated rings. The molecule has 9 nitrogen and oxygen atoms in total. The largest absolute Gasteiger partial charge is 0.456 e. The molecule has 1 aliphatic heterocycles. The maximum atomic E-state index is 13.7. The van der Waals surface area contributed by atoms with Crippen molar-refractivity contribution in [3.8, 4) is 5.69 Å². The van der Waals surface area contributed by atoms with Crippen LogP contribution in [-0.2, 0) is 20.7 Å². The van der Waals surface area contributed by atoms with Gasteiger partial charge in [0.05, 0.1) is 17.4 Å². The molecule has 0 saturated carbocycles. The molecular weight excluding hydrogens is 589 g/mol. The Bertz CT molecular complexity index is 1710. The van der Waals surface area contributed by atoms with Crippen LogP contribution in [0.2, 0.25) is 10.2 Å². The van der Waals surface area contributed by atoms with Crippen LogP contribution in [0.3, 0.4) is 0 Å². The number of carbonyl (C=O) groups excluding carboxylic acids is 3. The average molecular weight is 619 g/mol. The number of nitrogens with one attached hydrogen (secondary N) is 1. The van der Waals surface area contributed by atoms with E-state index in [4.69, 9.17) is 27.9 Å². The molecule has 3 aromatic carbocycles. The van der Waals surface area contributed by atoms with Gasteiger partial charge in [0.2, 0.25) is 5.91 Å². The maximum Gasteiger partial charge on any atom is 0.338 e. The summed E-state index contributed by atoms with van der Waals surface area (Å²) in [5, 5.41) is 11.4. The lowest BCUT2D eigenvalue weighted by Gasteiger charge is -2.35. The third-order valence-electron chi connectivity index (χ3n) is 6.71. The fraction of sp³-hybridized carbons (Fsp3) is 0.219. The molecule has 2 amide bonds. The van der Waals surface area contributed by atoms with Gasteiger partial charge in [-0.2, -0.15) is 0 Å². The molecule has 0 saturated heterocycles. The minimum atomic E-state index is -0.874. The van der Waals surface area contributed by atoms with Crippen molar-refractivity contribution < 1.29 is 19.1 Å². The van der Waals surface area contributed by atoms with E-state index in [-0.39, 0.29) is 17.0 Å². The van der Waals surface area contributed by atoms with Gasteiger partial charge in [-0.1, -0.05) is 52.7 Å². The Morgan fingerprint density at radius 3 is 2.47 bits per heavy atom. The molecule has 0 aliphatic carbocycles. The van der Waals surface area contributed by atoms with Gasteiger partial charge in [-0.05, 0) is 86.9 Å². The number of ether oxygens (including phenoxy) is 1. The second-order valence-corrected chi connectivity index (χ2v) is 11.8. The van der Waals surface area contributed by atoms with Crippen LogP contribution < -0.4 is 5.32 Å². The molecule has 0 spiro atoms. The van der Waals surface area contributed by atoms with Crippen LogP contribution in [0.15, 0.2) is 79.0 Å². The highest BCUT2D eigenvalue weighted by atomic mass is 35.5. The van der Waals surface area contributed by atoms with E-state index in [2.05, 4.69) is 15.6 Å². The number of rotatable bonds is 6. The number of fused-ring (bicyclic) bond motifs is 1. The summed E-state index contributed by atoms with van der Waals surface area (Å²) < 4.78 is 6.91. The minimum Gasteiger partial charge on any atom is -0.456 e. The van der Waals surface area contributed by atoms with Gasteiger partial charge < -0.3 is 15.0 Å². The van der Waals surface area contributed by atoms with E-state index in [1.165, 1.54) is 10.8 Å². The summed E-state index contributed by atoms with van der Waals surface area (Å²) in [5.41, 5.74) is 3.22. The van der Waals surface area contributed by atoms with Crippen molar-refractivity contribution in [2.45, 2.75) is 38.8 Å². The van der Waals surface area contributed by atoms with Crippen LogP contribution in [-0.4, -0.2) is 49.8 Å². The number of nitrogens with zero attached hydrogens (tertiary/aromatic N) is 4. The zero-order valence-electron chi connectivity index (χ0n) is 23.8. The van der Waals surface area contributed by atoms with Crippen molar-refractivity contribution in [2.24, 2.45) is 0 Å². The number of hydrogen-bond acceptors (Lipinski definition) is 6. The summed E-state index contributed by atoms with van der Waals surface area (Å²) in [6.07, 6.45) is 5.19. The number of esters is 1. The third kappa shape index (κ3) is 7.13. The molecular formula is C32H29Cl2N5O4. The monoisotopic (exact) mass is 617 g/mol. The second kappa shape index (κ2) is 12.4. The number of anilines is 1. The van der Waals surface area contributed by atoms with Crippen molar-refractivity contribution >= 4 is 52.7 Å². The van der Waals surface area contributed by atoms with Gasteiger partial charge >= 0.3 is 5.97 Å². The van der Waals surface area contributed by atoms with Gasteiger partial charge in [0.25, 0.3) is 5.91 Å². The Hall–Kier alpha value is -4.47. The molecule has 0 bridgehead atoms. The summed E-state index contributed by atoms with van der Waals surface area (Å²) in [6, 6.07) is 18.3. The summed E-state index contributed by atoms with van der Waals surface area (Å²) in [7, 11) is 0. The normalized spacial score (nSPS) is 14.8. The van der Waals surface area contributed by atoms with Crippen molar-refractivity contribution in [1.82, 2.24) is 19.9 Å². The van der Waals surface area contributed by atoms with Crippen LogP contribution in [0, 0.1) is 0 Å². The Labute approximate surface area is 259 Å². The molecule has 43 heavy (non-hydrogen) atoms. The highest BCUT2D eigenvalue weighted by Gasteiger charge is 2.35. The molecule has 11 heteroatoms. The number of hydrogen-bond donors (Lipinski definition) is 1. The lowest BCUT2D eigenvalue weighted by atomic mass is 9.91. The standard InChI is InChI=1S/C32H29Cl2N5O4/c1-32(2,3)43-31(42)21-8-12-24(13-9-21)35-30(41)29-25-7-5-4-6-20(25)16-17-38(29)28(40)15-10-22-18-23(33)11-14-26(22)39-19-27(34)36-37-39/h4-15,18-19,29H,16-17H2,1-3H3,(H,35,41)/b15-10+/t29-/m0/s1. The fourth-order valence-electron chi connectivity index (χ4n) is 4.81. The molecule has 220 valence electrons. The molecule has 5 rings (SSSR count). The first-order chi connectivity index (χ1) is 20.5. The number of benzene rings is 3. The van der Waals surface area contributed by atoms with Crippen LogP contribution in [0.25, 0.3) is 11.8 Å². The third-order valence-corrected chi connectivity index (χ3v) is 7.12. The van der Waals surface area contributed by atoms with E-state index in [0.29, 0.717) is 40.5 Å². The van der Waals surface area contributed by atoms with E-state index >= 15 is 0 Å². The Balaban J connectivity index is 1.39. The van der Waals surface area contributed by atoms with Crippen LogP contribution in [0.4, 0.5) is 5.69 Å². The SMILES string of the molecule is CC(C)(C)OC(=O)c1ccc(NC(=O)[C@@H]2c3ccccc3CCN2C(=O)/C=C/c2cc(Cl)ccc2-n2cc(Cl)nn2)cc1. The highest BCUT2D eigenvalue weighted by molar-refractivity contribution is 6.30. The summed E-state index contributed by atoms with van der Waals surface area (Å²) in [6.45, 7) is 5.73. The second-order valence-electron chi connectivity index (χ2n) is 11.0. The van der Waals surface area contributed by atoms with Crippen molar-refractivity contribution in [1.29, 1.82) is 0 Å². The molecule has 4 aromatic rings. The van der Waals surface area contributed by atoms with Crippen molar-refractivity contribution in [3.63, 3.8) is 0 Å². The maximum absolute atomic E-state index is 13.7. The van der Waals surface area contributed by atoms with E-state index in [1.54, 1.807) is 80.4 Å². The number of carbonyl (C=O) groups is 3. The van der Waals surface area contributed by atoms with Crippen molar-refractivity contribution in [3.05, 3.63) is 111 Å². The molecule has 1 aliphatic rings. The smallest absolute Gasteiger partial charge is 0.338 e. The van der Waals surface area contributed by atoms with Crippen LogP contribution in [0.5, 0.6) is 0 Å². The minimum absolute atomic E-state index is 0.223. The zero-order chi connectivity index (χ0) is 30.7. The summed E-state index contributed by atoms with van der Waals surface area (Å²) >= 11 is 12.2. The van der Waals surface area contributed by atoms with E-state index in [9.17, 15) is 14.4 Å². The van der Waals surface area contributed by atoms with Gasteiger partial charge in [-0.3, -0.25) is 9.59 Å². The number of amides is 2. The lowest BCUT2D eigenvalue weighted by Crippen LogP contribution is -2.44. The number of aromatic nitrogens is 3. The summed E-state index contributed by atoms with van der Waals surface area (Å²) in [5.74, 6) is -1.18. The highest BCUT2D eigenvalue weighted by Crippen LogP contribution is 2.32. The van der Waals surface area contributed by atoms with Gasteiger partial charge in [-0.25, -0.2) is 9.48 Å². The average Bonchev–Trinajstić information content (AvgIpc) is 3.40. The van der Waals surface area contributed by atoms with E-state index in [0.717, 1.165) is 11.1 Å². The van der Waals surface area contributed by atoms with Gasteiger partial charge in [0.15, 0.2) is 5.15 Å². The quantitative estimate of drug-likeness (QED) is 0.201. The Kier molecular flexibility index (Phi) is 8.66. The van der Waals surface area contributed by atoms with Crippen LogP contribution >= 0.6 is 23.2 Å². The first kappa shape index (κ1) is 30.0. The van der Waals surface area contributed by atoms with Gasteiger partial charge in [0.1, 0.15) is 11.6 Å². The predicted octanol–water partition coefficient (Wildman–Crippen LogP) is 6.31. The summed E-state index contributed by atoms with van der Waals surface area (Å²) in [4.78, 5) is 41.3. The molecule has 1 atom stereocenters. The molecule has 1 N–H and O–H groups in total. The first-order valence-corrected chi connectivity index (χ1v) is 14.3. The fourth-order valence-corrected chi connectivity index (χ4v) is 5.12. The lowest BCUT2D eigenvalue weighted by molar-refractivity contribution is -0.135. The predicted molar refractivity (Wildman–Crippen MR) is 165 cm³/mol. The van der Waals surface area contributed by atoms with Gasteiger partial charge in [-0.15, -0.1) is 5.10 Å². The topological polar surface area (TPSA) is 106 Å². The molecule has 1 aromatic heterocycles. The molecule has 2 heterocycles. The van der Waals surface area contributed by atoms with Gasteiger partial charge in [0, 0.05) is 28.9 Å². The molecule has 0 unspecified atom stereocenters. The van der Waals surface area contributed by atoms with Crippen molar-refractivity contribution in [2.75, 3.05) is 11.9 Å². The number of halogens is 2.